The van der Waals surface area contributed by atoms with E-state index in [0.29, 0.717) is 5.69 Å². The molecule has 1 aromatic heterocycles. The molecule has 0 saturated heterocycles. The van der Waals surface area contributed by atoms with E-state index in [9.17, 15) is 13.2 Å². The average molecular weight is 452 g/mol. The molecule has 0 aliphatic heterocycles. The number of hydrogen-bond acceptors (Lipinski definition) is 5. The summed E-state index contributed by atoms with van der Waals surface area (Å²) in [5.74, 6) is -0.413. The summed E-state index contributed by atoms with van der Waals surface area (Å²) in [5, 5.41) is 7.50. The number of nitrogens with zero attached hydrogens (tertiary/aromatic N) is 2. The van der Waals surface area contributed by atoms with Gasteiger partial charge in [0.15, 0.2) is 0 Å². The van der Waals surface area contributed by atoms with Crippen LogP contribution in [-0.4, -0.2) is 37.2 Å². The summed E-state index contributed by atoms with van der Waals surface area (Å²) in [4.78, 5) is 17.0. The van der Waals surface area contributed by atoms with Gasteiger partial charge < -0.3 is 5.32 Å². The molecular formula is C23H21N3O3S2. The number of rotatable bonds is 6. The Hall–Kier alpha value is -3.07. The maximum Gasteiger partial charge on any atom is 0.243 e. The molecule has 0 aliphatic carbocycles. The second-order valence-corrected chi connectivity index (χ2v) is 10.3. The van der Waals surface area contributed by atoms with Crippen molar-refractivity contribution in [3.63, 3.8) is 0 Å². The van der Waals surface area contributed by atoms with Gasteiger partial charge in [-0.25, -0.2) is 13.4 Å². The Kier molecular flexibility index (Phi) is 5.86. The lowest BCUT2D eigenvalue weighted by atomic mass is 10.1. The molecule has 0 spiro atoms. The van der Waals surface area contributed by atoms with Gasteiger partial charge >= 0.3 is 0 Å². The highest BCUT2D eigenvalue weighted by atomic mass is 32.2. The lowest BCUT2D eigenvalue weighted by Crippen LogP contribution is -2.34. The number of anilines is 1. The van der Waals surface area contributed by atoms with E-state index >= 15 is 0 Å². The van der Waals surface area contributed by atoms with Crippen molar-refractivity contribution >= 4 is 43.7 Å². The Labute approximate surface area is 185 Å². The van der Waals surface area contributed by atoms with E-state index in [2.05, 4.69) is 10.3 Å². The van der Waals surface area contributed by atoms with Crippen LogP contribution in [0.4, 0.5) is 5.69 Å². The third-order valence-electron chi connectivity index (χ3n) is 4.88. The zero-order valence-electron chi connectivity index (χ0n) is 17.1. The molecule has 0 fully saturated rings. The van der Waals surface area contributed by atoms with E-state index < -0.39 is 15.9 Å². The minimum atomic E-state index is -3.79. The monoisotopic (exact) mass is 451 g/mol. The van der Waals surface area contributed by atoms with Gasteiger partial charge in [-0.3, -0.25) is 4.79 Å². The molecule has 0 bridgehead atoms. The summed E-state index contributed by atoms with van der Waals surface area (Å²) in [6.45, 7) is 1.66. The fourth-order valence-electron chi connectivity index (χ4n) is 3.22. The molecule has 0 saturated carbocycles. The van der Waals surface area contributed by atoms with Crippen molar-refractivity contribution in [3.05, 3.63) is 77.1 Å². The molecular weight excluding hydrogens is 430 g/mol. The number of carbonyl (C=O) groups excluding carboxylic acids is 1. The van der Waals surface area contributed by atoms with Gasteiger partial charge in [0.05, 0.1) is 22.1 Å². The standard InChI is InChI=1S/C23H21N3O3S2/c1-16-24-22(15-30-16)18-7-10-20(11-8-18)25-23(27)14-26(2)31(28,29)21-12-9-17-5-3-4-6-19(17)13-21/h3-13,15H,14H2,1-2H3,(H,25,27). The van der Waals surface area contributed by atoms with Gasteiger partial charge in [-0.2, -0.15) is 4.31 Å². The van der Waals surface area contributed by atoms with Crippen LogP contribution < -0.4 is 5.32 Å². The number of carbonyl (C=O) groups is 1. The van der Waals surface area contributed by atoms with Crippen LogP contribution in [0, 0.1) is 6.92 Å². The predicted molar refractivity (Wildman–Crippen MR) is 125 cm³/mol. The molecule has 0 aliphatic rings. The zero-order valence-corrected chi connectivity index (χ0v) is 18.7. The number of fused-ring (bicyclic) bond motifs is 1. The second kappa shape index (κ2) is 8.58. The first-order valence-electron chi connectivity index (χ1n) is 9.60. The normalized spacial score (nSPS) is 11.7. The highest BCUT2D eigenvalue weighted by molar-refractivity contribution is 7.89. The van der Waals surface area contributed by atoms with Gasteiger partial charge in [0.2, 0.25) is 15.9 Å². The summed E-state index contributed by atoms with van der Waals surface area (Å²) >= 11 is 1.58. The van der Waals surface area contributed by atoms with Crippen molar-refractivity contribution in [2.45, 2.75) is 11.8 Å². The summed E-state index contributed by atoms with van der Waals surface area (Å²) < 4.78 is 26.9. The number of aromatic nitrogens is 1. The largest absolute Gasteiger partial charge is 0.325 e. The van der Waals surface area contributed by atoms with Crippen LogP contribution in [0.2, 0.25) is 0 Å². The van der Waals surface area contributed by atoms with E-state index in [1.807, 2.05) is 48.7 Å². The Bertz CT molecular complexity index is 1350. The van der Waals surface area contributed by atoms with Crippen LogP contribution in [0.5, 0.6) is 0 Å². The van der Waals surface area contributed by atoms with Gasteiger partial charge in [0.25, 0.3) is 0 Å². The molecule has 0 atom stereocenters. The van der Waals surface area contributed by atoms with Crippen LogP contribution in [0.3, 0.4) is 0 Å². The summed E-state index contributed by atoms with van der Waals surface area (Å²) in [6, 6.07) is 19.8. The SMILES string of the molecule is Cc1nc(-c2ccc(NC(=O)CN(C)S(=O)(=O)c3ccc4ccccc4c3)cc2)cs1. The summed E-state index contributed by atoms with van der Waals surface area (Å²) in [6.07, 6.45) is 0. The van der Waals surface area contributed by atoms with E-state index in [0.717, 1.165) is 31.3 Å². The first-order valence-corrected chi connectivity index (χ1v) is 11.9. The molecule has 8 heteroatoms. The number of amides is 1. The Morgan fingerprint density at radius 1 is 1.03 bits per heavy atom. The van der Waals surface area contributed by atoms with E-state index in [1.54, 1.807) is 41.7 Å². The van der Waals surface area contributed by atoms with Gasteiger partial charge in [-0.1, -0.05) is 42.5 Å². The van der Waals surface area contributed by atoms with Crippen molar-refractivity contribution in [1.29, 1.82) is 0 Å². The van der Waals surface area contributed by atoms with E-state index in [4.69, 9.17) is 0 Å². The minimum absolute atomic E-state index is 0.157. The van der Waals surface area contributed by atoms with Crippen molar-refractivity contribution in [2.24, 2.45) is 0 Å². The van der Waals surface area contributed by atoms with Gasteiger partial charge in [0.1, 0.15) is 0 Å². The number of likely N-dealkylation sites (N-methyl/N-ethyl adjacent to an activating group) is 1. The van der Waals surface area contributed by atoms with E-state index in [-0.39, 0.29) is 11.4 Å². The Morgan fingerprint density at radius 2 is 1.74 bits per heavy atom. The van der Waals surface area contributed by atoms with Crippen molar-refractivity contribution in [2.75, 3.05) is 18.9 Å². The second-order valence-electron chi connectivity index (χ2n) is 7.15. The molecule has 6 nitrogen and oxygen atoms in total. The van der Waals surface area contributed by atoms with Gasteiger partial charge in [-0.15, -0.1) is 11.3 Å². The minimum Gasteiger partial charge on any atom is -0.325 e. The fourth-order valence-corrected chi connectivity index (χ4v) is 5.00. The molecule has 3 aromatic carbocycles. The Morgan fingerprint density at radius 3 is 2.42 bits per heavy atom. The van der Waals surface area contributed by atoms with Gasteiger partial charge in [-0.05, 0) is 42.0 Å². The molecule has 158 valence electrons. The van der Waals surface area contributed by atoms with E-state index in [1.165, 1.54) is 7.05 Å². The third kappa shape index (κ3) is 4.66. The van der Waals surface area contributed by atoms with Crippen LogP contribution in [0.1, 0.15) is 5.01 Å². The topological polar surface area (TPSA) is 79.4 Å². The molecule has 31 heavy (non-hydrogen) atoms. The number of thiazole rings is 1. The van der Waals surface area contributed by atoms with Crippen LogP contribution in [-0.2, 0) is 14.8 Å². The number of aryl methyl sites for hydroxylation is 1. The maximum absolute atomic E-state index is 12.9. The van der Waals surface area contributed by atoms with Crippen LogP contribution in [0.25, 0.3) is 22.0 Å². The first kappa shape index (κ1) is 21.2. The summed E-state index contributed by atoms with van der Waals surface area (Å²) in [7, 11) is -2.39. The molecule has 1 amide bonds. The lowest BCUT2D eigenvalue weighted by molar-refractivity contribution is -0.116. The summed E-state index contributed by atoms with van der Waals surface area (Å²) in [5.41, 5.74) is 2.44. The number of nitrogens with one attached hydrogen (secondary N) is 1. The molecule has 1 N–H and O–H groups in total. The smallest absolute Gasteiger partial charge is 0.243 e. The molecule has 1 heterocycles. The van der Waals surface area contributed by atoms with Gasteiger partial charge in [0, 0.05) is 23.7 Å². The van der Waals surface area contributed by atoms with Crippen molar-refractivity contribution in [1.82, 2.24) is 9.29 Å². The lowest BCUT2D eigenvalue weighted by Gasteiger charge is -2.17. The van der Waals surface area contributed by atoms with Crippen LogP contribution >= 0.6 is 11.3 Å². The van der Waals surface area contributed by atoms with Crippen molar-refractivity contribution in [3.8, 4) is 11.3 Å². The van der Waals surface area contributed by atoms with Crippen LogP contribution in [0.15, 0.2) is 77.0 Å². The zero-order chi connectivity index (χ0) is 22.0. The molecule has 0 unspecified atom stereocenters. The average Bonchev–Trinajstić information content (AvgIpc) is 3.20. The number of benzene rings is 3. The van der Waals surface area contributed by atoms with Crippen molar-refractivity contribution < 1.29 is 13.2 Å². The quantitative estimate of drug-likeness (QED) is 0.467. The first-order chi connectivity index (χ1) is 14.8. The molecule has 4 aromatic rings. The Balaban J connectivity index is 1.43. The third-order valence-corrected chi connectivity index (χ3v) is 7.45. The predicted octanol–water partition coefficient (Wildman–Crippen LogP) is 4.53. The number of sulfonamides is 1. The number of hydrogen-bond donors (Lipinski definition) is 1. The maximum atomic E-state index is 12.9. The molecule has 0 radical (unpaired) electrons. The highest BCUT2D eigenvalue weighted by Gasteiger charge is 2.23. The highest BCUT2D eigenvalue weighted by Crippen LogP contribution is 2.24. The fraction of sp³-hybridized carbons (Fsp3) is 0.130. The molecule has 4 rings (SSSR count).